The quantitative estimate of drug-likeness (QED) is 0.522. The van der Waals surface area contributed by atoms with Crippen LogP contribution < -0.4 is 4.74 Å². The van der Waals surface area contributed by atoms with Crippen LogP contribution in [0.25, 0.3) is 11.1 Å². The van der Waals surface area contributed by atoms with Gasteiger partial charge in [0.05, 0.1) is 6.61 Å². The highest BCUT2D eigenvalue weighted by Crippen LogP contribution is 2.29. The summed E-state index contributed by atoms with van der Waals surface area (Å²) in [5.74, 6) is 0.958. The van der Waals surface area contributed by atoms with Gasteiger partial charge in [-0.25, -0.2) is 0 Å². The summed E-state index contributed by atoms with van der Waals surface area (Å²) in [5.41, 5.74) is 3.69. The minimum atomic E-state index is 0.725. The molecular weight excluding hydrogens is 306 g/mol. The number of benzene rings is 3. The molecule has 0 bridgehead atoms. The van der Waals surface area contributed by atoms with E-state index in [9.17, 15) is 0 Å². The molecule has 0 radical (unpaired) electrons. The SMILES string of the molecule is CN(CCCOc1ccccc1-c1ccccc1)Cc1ccccc1. The molecule has 2 heteroatoms. The normalized spacial score (nSPS) is 10.8. The Hall–Kier alpha value is -2.58. The first kappa shape index (κ1) is 17.2. The zero-order valence-electron chi connectivity index (χ0n) is 14.8. The van der Waals surface area contributed by atoms with Gasteiger partial charge >= 0.3 is 0 Å². The first-order chi connectivity index (χ1) is 12.3. The van der Waals surface area contributed by atoms with E-state index in [-0.39, 0.29) is 0 Å². The Balaban J connectivity index is 1.50. The Kier molecular flexibility index (Phi) is 6.24. The highest BCUT2D eigenvalue weighted by atomic mass is 16.5. The lowest BCUT2D eigenvalue weighted by molar-refractivity contribution is 0.259. The second kappa shape index (κ2) is 9.05. The van der Waals surface area contributed by atoms with Crippen molar-refractivity contribution in [3.63, 3.8) is 0 Å². The smallest absolute Gasteiger partial charge is 0.127 e. The zero-order chi connectivity index (χ0) is 17.3. The van der Waals surface area contributed by atoms with Gasteiger partial charge in [-0.2, -0.15) is 0 Å². The molecule has 0 atom stereocenters. The molecule has 0 saturated heterocycles. The third kappa shape index (κ3) is 5.20. The molecule has 0 aliphatic carbocycles. The standard InChI is InChI=1S/C23H25NO/c1-24(19-20-11-4-2-5-12-20)17-10-18-25-23-16-9-8-15-22(23)21-13-6-3-7-14-21/h2-9,11-16H,10,17-19H2,1H3. The lowest BCUT2D eigenvalue weighted by Crippen LogP contribution is -2.20. The van der Waals surface area contributed by atoms with E-state index in [2.05, 4.69) is 84.7 Å². The van der Waals surface area contributed by atoms with Crippen molar-refractivity contribution in [1.29, 1.82) is 0 Å². The summed E-state index contributed by atoms with van der Waals surface area (Å²) >= 11 is 0. The summed E-state index contributed by atoms with van der Waals surface area (Å²) in [6, 6.07) is 29.2. The van der Waals surface area contributed by atoms with Crippen LogP contribution in [0.2, 0.25) is 0 Å². The second-order valence-electron chi connectivity index (χ2n) is 6.29. The van der Waals surface area contributed by atoms with Crippen molar-refractivity contribution >= 4 is 0 Å². The minimum absolute atomic E-state index is 0.725. The van der Waals surface area contributed by atoms with Crippen molar-refractivity contribution in [3.05, 3.63) is 90.5 Å². The van der Waals surface area contributed by atoms with E-state index in [1.54, 1.807) is 0 Å². The Morgan fingerprint density at radius 1 is 0.760 bits per heavy atom. The molecule has 0 spiro atoms. The van der Waals surface area contributed by atoms with Crippen molar-refractivity contribution in [2.75, 3.05) is 20.2 Å². The molecule has 2 nitrogen and oxygen atoms in total. The van der Waals surface area contributed by atoms with Gasteiger partial charge in [0.2, 0.25) is 0 Å². The molecule has 25 heavy (non-hydrogen) atoms. The third-order valence-electron chi connectivity index (χ3n) is 4.21. The van der Waals surface area contributed by atoms with Gasteiger partial charge in [-0.1, -0.05) is 78.9 Å². The van der Waals surface area contributed by atoms with E-state index in [0.717, 1.165) is 37.4 Å². The zero-order valence-corrected chi connectivity index (χ0v) is 14.8. The largest absolute Gasteiger partial charge is 0.493 e. The highest BCUT2D eigenvalue weighted by Gasteiger charge is 2.05. The van der Waals surface area contributed by atoms with Crippen LogP contribution in [-0.4, -0.2) is 25.1 Å². The van der Waals surface area contributed by atoms with Gasteiger partial charge in [0, 0.05) is 18.7 Å². The number of hydrogen-bond donors (Lipinski definition) is 0. The van der Waals surface area contributed by atoms with E-state index in [1.807, 2.05) is 12.1 Å². The van der Waals surface area contributed by atoms with Gasteiger partial charge in [-0.15, -0.1) is 0 Å². The fraction of sp³-hybridized carbons (Fsp3) is 0.217. The molecule has 3 aromatic rings. The summed E-state index contributed by atoms with van der Waals surface area (Å²) in [6.07, 6.45) is 1.01. The Labute approximate surface area is 150 Å². The molecule has 0 aromatic heterocycles. The molecule has 3 aromatic carbocycles. The Morgan fingerprint density at radius 2 is 1.40 bits per heavy atom. The maximum atomic E-state index is 6.07. The van der Waals surface area contributed by atoms with Crippen LogP contribution in [0.4, 0.5) is 0 Å². The van der Waals surface area contributed by atoms with E-state index in [4.69, 9.17) is 4.74 Å². The Bertz CT molecular complexity index is 755. The molecular formula is C23H25NO. The van der Waals surface area contributed by atoms with Gasteiger partial charge in [0.1, 0.15) is 5.75 Å². The van der Waals surface area contributed by atoms with Crippen LogP contribution >= 0.6 is 0 Å². The lowest BCUT2D eigenvalue weighted by atomic mass is 10.1. The maximum absolute atomic E-state index is 6.07. The molecule has 0 N–H and O–H groups in total. The summed E-state index contributed by atoms with van der Waals surface area (Å²) in [4.78, 5) is 2.34. The minimum Gasteiger partial charge on any atom is -0.493 e. The molecule has 0 amide bonds. The van der Waals surface area contributed by atoms with Crippen LogP contribution in [0.3, 0.4) is 0 Å². The molecule has 0 fully saturated rings. The molecule has 0 saturated carbocycles. The van der Waals surface area contributed by atoms with Crippen LogP contribution in [0.15, 0.2) is 84.9 Å². The molecule has 128 valence electrons. The monoisotopic (exact) mass is 331 g/mol. The van der Waals surface area contributed by atoms with Crippen LogP contribution in [0.1, 0.15) is 12.0 Å². The van der Waals surface area contributed by atoms with Crippen molar-refractivity contribution in [1.82, 2.24) is 4.90 Å². The third-order valence-corrected chi connectivity index (χ3v) is 4.21. The fourth-order valence-electron chi connectivity index (χ4n) is 2.94. The van der Waals surface area contributed by atoms with Crippen LogP contribution in [0, 0.1) is 0 Å². The van der Waals surface area contributed by atoms with Gasteiger partial charge in [0.25, 0.3) is 0 Å². The van der Waals surface area contributed by atoms with Gasteiger partial charge in [0.15, 0.2) is 0 Å². The summed E-state index contributed by atoms with van der Waals surface area (Å²) in [6.45, 7) is 2.72. The van der Waals surface area contributed by atoms with Crippen LogP contribution in [-0.2, 0) is 6.54 Å². The van der Waals surface area contributed by atoms with E-state index < -0.39 is 0 Å². The van der Waals surface area contributed by atoms with Gasteiger partial charge in [-0.3, -0.25) is 0 Å². The van der Waals surface area contributed by atoms with Crippen molar-refractivity contribution in [2.24, 2.45) is 0 Å². The maximum Gasteiger partial charge on any atom is 0.127 e. The number of hydrogen-bond acceptors (Lipinski definition) is 2. The van der Waals surface area contributed by atoms with Gasteiger partial charge < -0.3 is 9.64 Å². The predicted molar refractivity (Wildman–Crippen MR) is 105 cm³/mol. The molecule has 0 heterocycles. The number of ether oxygens (including phenoxy) is 1. The Morgan fingerprint density at radius 3 is 2.16 bits per heavy atom. The average molecular weight is 331 g/mol. The second-order valence-corrected chi connectivity index (χ2v) is 6.29. The summed E-state index contributed by atoms with van der Waals surface area (Å²) < 4.78 is 6.07. The number of para-hydroxylation sites is 1. The van der Waals surface area contributed by atoms with Crippen molar-refractivity contribution in [2.45, 2.75) is 13.0 Å². The highest BCUT2D eigenvalue weighted by molar-refractivity contribution is 5.70. The number of rotatable bonds is 8. The summed E-state index contributed by atoms with van der Waals surface area (Å²) in [5, 5.41) is 0. The first-order valence-corrected chi connectivity index (χ1v) is 8.82. The van der Waals surface area contributed by atoms with Crippen molar-refractivity contribution < 1.29 is 4.74 Å². The lowest BCUT2D eigenvalue weighted by Gasteiger charge is -2.17. The topological polar surface area (TPSA) is 12.5 Å². The van der Waals surface area contributed by atoms with E-state index >= 15 is 0 Å². The molecule has 0 unspecified atom stereocenters. The van der Waals surface area contributed by atoms with Crippen molar-refractivity contribution in [3.8, 4) is 16.9 Å². The number of nitrogens with zero attached hydrogens (tertiary/aromatic N) is 1. The molecule has 3 rings (SSSR count). The fourth-order valence-corrected chi connectivity index (χ4v) is 2.94. The molecule has 0 aliphatic heterocycles. The van der Waals surface area contributed by atoms with E-state index in [0.29, 0.717) is 0 Å². The van der Waals surface area contributed by atoms with E-state index in [1.165, 1.54) is 11.1 Å². The first-order valence-electron chi connectivity index (χ1n) is 8.82. The van der Waals surface area contributed by atoms with Crippen LogP contribution in [0.5, 0.6) is 5.75 Å². The van der Waals surface area contributed by atoms with Gasteiger partial charge in [-0.05, 0) is 30.7 Å². The molecule has 0 aliphatic rings. The predicted octanol–water partition coefficient (Wildman–Crippen LogP) is 5.25. The summed E-state index contributed by atoms with van der Waals surface area (Å²) in [7, 11) is 2.16. The average Bonchev–Trinajstić information content (AvgIpc) is 2.67.